The number of hydrogen-bond acceptors (Lipinski definition) is 5. The highest BCUT2D eigenvalue weighted by atomic mass is 19.3. The fourth-order valence-corrected chi connectivity index (χ4v) is 2.79. The number of halogens is 2. The second kappa shape index (κ2) is 4.62. The van der Waals surface area contributed by atoms with Gasteiger partial charge in [-0.15, -0.1) is 0 Å². The van der Waals surface area contributed by atoms with Crippen molar-refractivity contribution in [2.45, 2.75) is 43.7 Å². The van der Waals surface area contributed by atoms with E-state index in [2.05, 4.69) is 10.1 Å². The number of nitrogens with zero attached hydrogens (tertiary/aromatic N) is 3. The van der Waals surface area contributed by atoms with E-state index in [0.29, 0.717) is 29.9 Å². The molecule has 0 aromatic carbocycles. The van der Waals surface area contributed by atoms with Crippen molar-refractivity contribution in [3.8, 4) is 0 Å². The van der Waals surface area contributed by atoms with Crippen LogP contribution in [-0.2, 0) is 6.54 Å². The largest absolute Gasteiger partial charge is 0.468 e. The van der Waals surface area contributed by atoms with Crippen LogP contribution in [-0.4, -0.2) is 27.5 Å². The fourth-order valence-electron chi connectivity index (χ4n) is 2.79. The Morgan fingerprint density at radius 3 is 2.95 bits per heavy atom. The Bertz CT molecular complexity index is 622. The molecule has 0 radical (unpaired) electrons. The third kappa shape index (κ3) is 2.57. The topological polar surface area (TPSA) is 55.3 Å². The quantitative estimate of drug-likeness (QED) is 0.867. The van der Waals surface area contributed by atoms with E-state index >= 15 is 0 Å². The molecule has 4 rings (SSSR count). The number of alkyl halides is 2. The van der Waals surface area contributed by atoms with Gasteiger partial charge >= 0.3 is 0 Å². The highest BCUT2D eigenvalue weighted by Gasteiger charge is 2.48. The van der Waals surface area contributed by atoms with E-state index in [9.17, 15) is 8.78 Å². The van der Waals surface area contributed by atoms with Crippen LogP contribution in [0, 0.1) is 0 Å². The predicted octanol–water partition coefficient (Wildman–Crippen LogP) is 3.12. The summed E-state index contributed by atoms with van der Waals surface area (Å²) in [6.45, 7) is -0.00604. The first-order chi connectivity index (χ1) is 10.1. The molecular weight excluding hydrogens is 280 g/mol. The summed E-state index contributed by atoms with van der Waals surface area (Å²) in [4.78, 5) is 5.96. The lowest BCUT2D eigenvalue weighted by molar-refractivity contribution is 0.0108. The minimum atomic E-state index is -2.74. The summed E-state index contributed by atoms with van der Waals surface area (Å²) in [5, 5.41) is 3.92. The monoisotopic (exact) mass is 295 g/mol. The molecule has 0 bridgehead atoms. The summed E-state index contributed by atoms with van der Waals surface area (Å²) in [5.41, 5.74) is 0. The summed E-state index contributed by atoms with van der Waals surface area (Å²) >= 11 is 0. The van der Waals surface area contributed by atoms with E-state index in [0.717, 1.165) is 12.8 Å². The second-order valence-corrected chi connectivity index (χ2v) is 5.83. The molecule has 2 fully saturated rings. The SMILES string of the molecule is FC1(F)C[C@@H](c2nc(C3CC3)no2)N(Cc2ccco2)C1. The maximum Gasteiger partial charge on any atom is 0.262 e. The Morgan fingerprint density at radius 2 is 2.24 bits per heavy atom. The lowest BCUT2D eigenvalue weighted by atomic mass is 10.2. The van der Waals surface area contributed by atoms with E-state index in [1.165, 1.54) is 6.26 Å². The van der Waals surface area contributed by atoms with Gasteiger partial charge in [0.25, 0.3) is 5.92 Å². The van der Waals surface area contributed by atoms with Crippen molar-refractivity contribution < 1.29 is 17.7 Å². The summed E-state index contributed by atoms with van der Waals surface area (Å²) < 4.78 is 38.0. The minimum absolute atomic E-state index is 0.292. The molecule has 2 aromatic heterocycles. The van der Waals surface area contributed by atoms with Crippen molar-refractivity contribution in [1.82, 2.24) is 15.0 Å². The van der Waals surface area contributed by atoms with Crippen molar-refractivity contribution in [2.75, 3.05) is 6.54 Å². The number of hydrogen-bond donors (Lipinski definition) is 0. The molecule has 21 heavy (non-hydrogen) atoms. The van der Waals surface area contributed by atoms with Gasteiger partial charge in [0.2, 0.25) is 5.89 Å². The second-order valence-electron chi connectivity index (χ2n) is 5.83. The predicted molar refractivity (Wildman–Crippen MR) is 67.7 cm³/mol. The molecule has 5 nitrogen and oxygen atoms in total. The number of aromatic nitrogens is 2. The summed E-state index contributed by atoms with van der Waals surface area (Å²) in [6.07, 6.45) is 3.35. The van der Waals surface area contributed by atoms with E-state index in [4.69, 9.17) is 8.94 Å². The third-order valence-corrected chi connectivity index (χ3v) is 3.99. The van der Waals surface area contributed by atoms with Crippen molar-refractivity contribution in [2.24, 2.45) is 0 Å². The van der Waals surface area contributed by atoms with Crippen LogP contribution in [0.5, 0.6) is 0 Å². The maximum absolute atomic E-state index is 13.8. The number of rotatable bonds is 4. The minimum Gasteiger partial charge on any atom is -0.468 e. The van der Waals surface area contributed by atoms with Crippen LogP contribution in [0.2, 0.25) is 0 Å². The summed E-state index contributed by atoms with van der Waals surface area (Å²) in [7, 11) is 0. The Balaban J connectivity index is 1.57. The fraction of sp³-hybridized carbons (Fsp3) is 0.571. The van der Waals surface area contributed by atoms with Gasteiger partial charge in [-0.2, -0.15) is 4.98 Å². The highest BCUT2D eigenvalue weighted by molar-refractivity contribution is 5.08. The Hall–Kier alpha value is -1.76. The van der Waals surface area contributed by atoms with Gasteiger partial charge in [-0.3, -0.25) is 4.90 Å². The van der Waals surface area contributed by atoms with Crippen LogP contribution in [0.15, 0.2) is 27.3 Å². The van der Waals surface area contributed by atoms with Crippen LogP contribution < -0.4 is 0 Å². The van der Waals surface area contributed by atoms with Gasteiger partial charge in [-0.1, -0.05) is 5.16 Å². The molecule has 7 heteroatoms. The molecular formula is C14H15F2N3O2. The molecule has 1 aliphatic carbocycles. The molecule has 3 heterocycles. The molecule has 0 N–H and O–H groups in total. The van der Waals surface area contributed by atoms with Crippen molar-refractivity contribution in [3.05, 3.63) is 35.9 Å². The standard InChI is InChI=1S/C14H15F2N3O2/c15-14(16)6-11(13-17-12(18-21-13)9-3-4-9)19(8-14)7-10-2-1-5-20-10/h1-2,5,9,11H,3-4,6-8H2/t11-/m0/s1. The zero-order valence-electron chi connectivity index (χ0n) is 11.3. The van der Waals surface area contributed by atoms with E-state index in [-0.39, 0.29) is 13.0 Å². The lowest BCUT2D eigenvalue weighted by Crippen LogP contribution is -2.26. The van der Waals surface area contributed by atoms with Crippen LogP contribution in [0.4, 0.5) is 8.78 Å². The van der Waals surface area contributed by atoms with Crippen LogP contribution in [0.25, 0.3) is 0 Å². The molecule has 0 spiro atoms. The maximum atomic E-state index is 13.8. The van der Waals surface area contributed by atoms with Crippen molar-refractivity contribution in [1.29, 1.82) is 0 Å². The first-order valence-electron chi connectivity index (χ1n) is 7.08. The molecule has 1 saturated heterocycles. The van der Waals surface area contributed by atoms with Crippen LogP contribution in [0.3, 0.4) is 0 Å². The first-order valence-corrected chi connectivity index (χ1v) is 7.08. The molecule has 2 aliphatic rings. The van der Waals surface area contributed by atoms with Gasteiger partial charge in [0, 0.05) is 12.3 Å². The molecule has 0 amide bonds. The lowest BCUT2D eigenvalue weighted by Gasteiger charge is -2.19. The number of likely N-dealkylation sites (tertiary alicyclic amines) is 1. The average molecular weight is 295 g/mol. The zero-order valence-corrected chi connectivity index (χ0v) is 11.3. The van der Waals surface area contributed by atoms with Crippen molar-refractivity contribution in [3.63, 3.8) is 0 Å². The Kier molecular flexibility index (Phi) is 2.85. The smallest absolute Gasteiger partial charge is 0.262 e. The van der Waals surface area contributed by atoms with Gasteiger partial charge in [-0.25, -0.2) is 8.78 Å². The Labute approximate surface area is 119 Å². The summed E-state index contributed by atoms with van der Waals surface area (Å²) in [5.74, 6) is -0.799. The van der Waals surface area contributed by atoms with E-state index in [1.807, 2.05) is 0 Å². The van der Waals surface area contributed by atoms with Gasteiger partial charge in [0.1, 0.15) is 5.76 Å². The normalized spacial score (nSPS) is 25.5. The van der Waals surface area contributed by atoms with Gasteiger partial charge in [-0.05, 0) is 25.0 Å². The van der Waals surface area contributed by atoms with Gasteiger partial charge < -0.3 is 8.94 Å². The van der Waals surface area contributed by atoms with Gasteiger partial charge in [0.05, 0.1) is 25.4 Å². The number of furan rings is 1. The summed E-state index contributed by atoms with van der Waals surface area (Å²) in [6, 6.07) is 2.97. The molecule has 1 saturated carbocycles. The zero-order chi connectivity index (χ0) is 14.4. The van der Waals surface area contributed by atoms with Crippen LogP contribution in [0.1, 0.15) is 48.7 Å². The van der Waals surface area contributed by atoms with E-state index < -0.39 is 12.0 Å². The first kappa shape index (κ1) is 12.9. The highest BCUT2D eigenvalue weighted by Crippen LogP contribution is 2.43. The molecule has 1 atom stereocenters. The Morgan fingerprint density at radius 1 is 1.38 bits per heavy atom. The molecule has 1 aliphatic heterocycles. The molecule has 2 aromatic rings. The van der Waals surface area contributed by atoms with E-state index in [1.54, 1.807) is 17.0 Å². The molecule has 0 unspecified atom stereocenters. The van der Waals surface area contributed by atoms with Crippen molar-refractivity contribution >= 4 is 0 Å². The van der Waals surface area contributed by atoms with Gasteiger partial charge in [0.15, 0.2) is 5.82 Å². The average Bonchev–Trinajstić information content (AvgIpc) is 2.88. The van der Waals surface area contributed by atoms with Crippen LogP contribution >= 0.6 is 0 Å². The third-order valence-electron chi connectivity index (χ3n) is 3.99. The molecule has 112 valence electrons.